The summed E-state index contributed by atoms with van der Waals surface area (Å²) in [6.45, 7) is 4.26. The van der Waals surface area contributed by atoms with E-state index in [-0.39, 0.29) is 11.9 Å². The Hall–Kier alpha value is -2.11. The van der Waals surface area contributed by atoms with Gasteiger partial charge in [0.15, 0.2) is 11.3 Å². The molecule has 0 unspecified atom stereocenters. The maximum absolute atomic E-state index is 13.0. The minimum Gasteiger partial charge on any atom is -0.480 e. The summed E-state index contributed by atoms with van der Waals surface area (Å²) in [4.78, 5) is 19.3. The van der Waals surface area contributed by atoms with E-state index in [1.54, 1.807) is 30.0 Å². The Morgan fingerprint density at radius 2 is 2.23 bits per heavy atom. The molecule has 0 aliphatic carbocycles. The SMILES string of the molecule is CC[C@@H]1CCC[C@H](C)N1C(=O)c1cnc2ccc(OC)nn12. The van der Waals surface area contributed by atoms with Crippen molar-refractivity contribution < 1.29 is 9.53 Å². The largest absolute Gasteiger partial charge is 0.480 e. The highest BCUT2D eigenvalue weighted by molar-refractivity contribution is 5.93. The van der Waals surface area contributed by atoms with Gasteiger partial charge in [0, 0.05) is 18.2 Å². The quantitative estimate of drug-likeness (QED) is 0.874. The summed E-state index contributed by atoms with van der Waals surface area (Å²) in [5.41, 5.74) is 1.16. The summed E-state index contributed by atoms with van der Waals surface area (Å²) in [6, 6.07) is 4.10. The predicted molar refractivity (Wildman–Crippen MR) is 83.1 cm³/mol. The Kier molecular flexibility index (Phi) is 4.00. The van der Waals surface area contributed by atoms with Crippen molar-refractivity contribution in [1.82, 2.24) is 19.5 Å². The maximum Gasteiger partial charge on any atom is 0.274 e. The molecule has 3 heterocycles. The summed E-state index contributed by atoms with van der Waals surface area (Å²) >= 11 is 0. The Morgan fingerprint density at radius 3 is 2.95 bits per heavy atom. The first-order chi connectivity index (χ1) is 10.7. The molecule has 2 aromatic rings. The molecule has 118 valence electrons. The molecule has 1 fully saturated rings. The van der Waals surface area contributed by atoms with Crippen LogP contribution in [-0.2, 0) is 0 Å². The van der Waals surface area contributed by atoms with Gasteiger partial charge in [0.2, 0.25) is 5.88 Å². The van der Waals surface area contributed by atoms with E-state index < -0.39 is 0 Å². The van der Waals surface area contributed by atoms with Crippen LogP contribution in [0.1, 0.15) is 50.0 Å². The third-order valence-corrected chi connectivity index (χ3v) is 4.50. The zero-order chi connectivity index (χ0) is 15.7. The van der Waals surface area contributed by atoms with Gasteiger partial charge in [-0.25, -0.2) is 9.50 Å². The minimum absolute atomic E-state index is 0.00676. The molecule has 1 amide bonds. The van der Waals surface area contributed by atoms with Crippen molar-refractivity contribution in [2.24, 2.45) is 0 Å². The first kappa shape index (κ1) is 14.8. The van der Waals surface area contributed by atoms with Crippen LogP contribution in [-0.4, -0.2) is 44.6 Å². The first-order valence-electron chi connectivity index (χ1n) is 7.87. The van der Waals surface area contributed by atoms with E-state index in [2.05, 4.69) is 23.9 Å². The molecule has 6 nitrogen and oxygen atoms in total. The average Bonchev–Trinajstić information content (AvgIpc) is 2.96. The number of aromatic nitrogens is 3. The van der Waals surface area contributed by atoms with Gasteiger partial charge in [-0.05, 0) is 38.7 Å². The van der Waals surface area contributed by atoms with E-state index in [9.17, 15) is 4.79 Å². The number of hydrogen-bond donors (Lipinski definition) is 0. The van der Waals surface area contributed by atoms with Gasteiger partial charge < -0.3 is 9.64 Å². The first-order valence-corrected chi connectivity index (χ1v) is 7.87. The number of carbonyl (C=O) groups excluding carboxylic acids is 1. The molecule has 2 aromatic heterocycles. The van der Waals surface area contributed by atoms with Crippen LogP contribution < -0.4 is 4.74 Å². The van der Waals surface area contributed by atoms with Crippen molar-refractivity contribution in [3.8, 4) is 5.88 Å². The minimum atomic E-state index is 0.00676. The molecule has 2 atom stereocenters. The van der Waals surface area contributed by atoms with Gasteiger partial charge in [-0.15, -0.1) is 5.10 Å². The van der Waals surface area contributed by atoms with Crippen molar-refractivity contribution in [1.29, 1.82) is 0 Å². The normalized spacial score (nSPS) is 22.0. The van der Waals surface area contributed by atoms with E-state index >= 15 is 0 Å². The standard InChI is InChI=1S/C16H22N4O2/c1-4-12-7-5-6-11(2)19(12)16(21)13-10-17-14-8-9-15(22-3)18-20(13)14/h8-12H,4-7H2,1-3H3/t11-,12+/m0/s1. The van der Waals surface area contributed by atoms with Crippen LogP contribution >= 0.6 is 0 Å². The second-order valence-corrected chi connectivity index (χ2v) is 5.84. The number of carbonyl (C=O) groups is 1. The summed E-state index contributed by atoms with van der Waals surface area (Å²) in [6.07, 6.45) is 5.89. The molecule has 0 radical (unpaired) electrons. The molecule has 0 spiro atoms. The summed E-state index contributed by atoms with van der Waals surface area (Å²) < 4.78 is 6.73. The molecule has 0 bridgehead atoms. The van der Waals surface area contributed by atoms with Gasteiger partial charge in [0.05, 0.1) is 13.3 Å². The molecular weight excluding hydrogens is 280 g/mol. The van der Waals surface area contributed by atoms with Crippen molar-refractivity contribution in [2.75, 3.05) is 7.11 Å². The lowest BCUT2D eigenvalue weighted by molar-refractivity contribution is 0.0464. The number of hydrogen-bond acceptors (Lipinski definition) is 4. The number of methoxy groups -OCH3 is 1. The summed E-state index contributed by atoms with van der Waals surface area (Å²) in [5, 5.41) is 4.33. The number of rotatable bonds is 3. The highest BCUT2D eigenvalue weighted by atomic mass is 16.5. The lowest BCUT2D eigenvalue weighted by Gasteiger charge is -2.40. The topological polar surface area (TPSA) is 59.7 Å². The van der Waals surface area contributed by atoms with Crippen LogP contribution in [0.15, 0.2) is 18.3 Å². The Labute approximate surface area is 130 Å². The molecule has 1 saturated heterocycles. The zero-order valence-electron chi connectivity index (χ0n) is 13.3. The summed E-state index contributed by atoms with van der Waals surface area (Å²) in [7, 11) is 1.56. The zero-order valence-corrected chi connectivity index (χ0v) is 13.3. The number of nitrogens with zero attached hydrogens (tertiary/aromatic N) is 4. The fraction of sp³-hybridized carbons (Fsp3) is 0.562. The second kappa shape index (κ2) is 5.94. The van der Waals surface area contributed by atoms with Gasteiger partial charge in [-0.3, -0.25) is 4.79 Å². The average molecular weight is 302 g/mol. The Balaban J connectivity index is 2.00. The Morgan fingerprint density at radius 1 is 1.41 bits per heavy atom. The monoisotopic (exact) mass is 302 g/mol. The van der Waals surface area contributed by atoms with Crippen molar-refractivity contribution in [3.05, 3.63) is 24.0 Å². The molecule has 3 rings (SSSR count). The summed E-state index contributed by atoms with van der Waals surface area (Å²) in [5.74, 6) is 0.477. The fourth-order valence-corrected chi connectivity index (χ4v) is 3.30. The highest BCUT2D eigenvalue weighted by Gasteiger charge is 2.32. The molecule has 0 N–H and O–H groups in total. The van der Waals surface area contributed by atoms with Gasteiger partial charge >= 0.3 is 0 Å². The predicted octanol–water partition coefficient (Wildman–Crippen LogP) is 2.53. The van der Waals surface area contributed by atoms with Crippen LogP contribution in [0, 0.1) is 0 Å². The van der Waals surface area contributed by atoms with Crippen LogP contribution in [0.4, 0.5) is 0 Å². The number of likely N-dealkylation sites (tertiary alicyclic amines) is 1. The number of ether oxygens (including phenoxy) is 1. The number of fused-ring (bicyclic) bond motifs is 1. The number of amides is 1. The van der Waals surface area contributed by atoms with E-state index in [0.29, 0.717) is 23.3 Å². The lowest BCUT2D eigenvalue weighted by atomic mass is 9.94. The molecule has 0 aromatic carbocycles. The smallest absolute Gasteiger partial charge is 0.274 e. The van der Waals surface area contributed by atoms with Crippen LogP contribution in [0.5, 0.6) is 5.88 Å². The van der Waals surface area contributed by atoms with Crippen molar-refractivity contribution in [3.63, 3.8) is 0 Å². The molecule has 0 saturated carbocycles. The van der Waals surface area contributed by atoms with Crippen LogP contribution in [0.25, 0.3) is 5.65 Å². The maximum atomic E-state index is 13.0. The second-order valence-electron chi connectivity index (χ2n) is 5.84. The van der Waals surface area contributed by atoms with Gasteiger partial charge in [-0.1, -0.05) is 6.92 Å². The molecule has 6 heteroatoms. The highest BCUT2D eigenvalue weighted by Crippen LogP contribution is 2.27. The molecular formula is C16H22N4O2. The fourth-order valence-electron chi connectivity index (χ4n) is 3.30. The van der Waals surface area contributed by atoms with Gasteiger partial charge in [-0.2, -0.15) is 0 Å². The van der Waals surface area contributed by atoms with E-state index in [1.807, 2.05) is 4.90 Å². The van der Waals surface area contributed by atoms with E-state index in [0.717, 1.165) is 19.3 Å². The molecule has 1 aliphatic rings. The molecule has 1 aliphatic heterocycles. The van der Waals surface area contributed by atoms with Crippen molar-refractivity contribution >= 4 is 11.6 Å². The van der Waals surface area contributed by atoms with Crippen molar-refractivity contribution in [2.45, 2.75) is 51.6 Å². The molecule has 22 heavy (non-hydrogen) atoms. The van der Waals surface area contributed by atoms with Gasteiger partial charge in [0.1, 0.15) is 0 Å². The Bertz CT molecular complexity index is 682. The van der Waals surface area contributed by atoms with E-state index in [4.69, 9.17) is 4.74 Å². The number of imidazole rings is 1. The van der Waals surface area contributed by atoms with Crippen LogP contribution in [0.3, 0.4) is 0 Å². The third-order valence-electron chi connectivity index (χ3n) is 4.50. The number of piperidine rings is 1. The lowest BCUT2D eigenvalue weighted by Crippen LogP contribution is -2.49. The third kappa shape index (κ3) is 2.42. The van der Waals surface area contributed by atoms with Gasteiger partial charge in [0.25, 0.3) is 5.91 Å². The van der Waals surface area contributed by atoms with Crippen LogP contribution in [0.2, 0.25) is 0 Å². The van der Waals surface area contributed by atoms with E-state index in [1.165, 1.54) is 6.42 Å².